The van der Waals surface area contributed by atoms with Gasteiger partial charge in [-0.2, -0.15) is 11.8 Å². The smallest absolute Gasteiger partial charge is 0.309 e. The molecule has 1 N–H and O–H groups in total. The highest BCUT2D eigenvalue weighted by Crippen LogP contribution is 2.33. The number of ether oxygens (including phenoxy) is 1. The highest BCUT2D eigenvalue weighted by atomic mass is 32.2. The van der Waals surface area contributed by atoms with E-state index in [2.05, 4.69) is 13.8 Å². The highest BCUT2D eigenvalue weighted by molar-refractivity contribution is 7.99. The van der Waals surface area contributed by atoms with Gasteiger partial charge in [0, 0.05) is 19.7 Å². The van der Waals surface area contributed by atoms with Crippen molar-refractivity contribution in [2.75, 3.05) is 31.2 Å². The first-order valence-electron chi connectivity index (χ1n) is 8.69. The molecule has 1 amide bonds. The van der Waals surface area contributed by atoms with E-state index in [0.717, 1.165) is 38.1 Å². The molecule has 6 heteroatoms. The maximum absolute atomic E-state index is 12.2. The van der Waals surface area contributed by atoms with E-state index in [-0.39, 0.29) is 23.8 Å². The lowest BCUT2D eigenvalue weighted by molar-refractivity contribution is -0.145. The SMILES string of the molecule is CC(C)CCSCC(=O)N1CCC([C@@H]2OCCC2C(=O)O)CC1. The molecule has 0 saturated carbocycles. The quantitative estimate of drug-likeness (QED) is 0.720. The van der Waals surface area contributed by atoms with Crippen molar-refractivity contribution in [2.24, 2.45) is 17.8 Å². The van der Waals surface area contributed by atoms with Gasteiger partial charge < -0.3 is 14.7 Å². The lowest BCUT2D eigenvalue weighted by atomic mass is 9.84. The molecule has 0 aromatic rings. The zero-order valence-electron chi connectivity index (χ0n) is 14.2. The monoisotopic (exact) mass is 343 g/mol. The van der Waals surface area contributed by atoms with Gasteiger partial charge in [0.05, 0.1) is 17.8 Å². The van der Waals surface area contributed by atoms with Crippen LogP contribution in [0, 0.1) is 17.8 Å². The van der Waals surface area contributed by atoms with E-state index in [9.17, 15) is 14.7 Å². The number of aliphatic carboxylic acids is 1. The van der Waals surface area contributed by atoms with Crippen LogP contribution in [-0.4, -0.2) is 59.2 Å². The van der Waals surface area contributed by atoms with Crippen molar-refractivity contribution >= 4 is 23.6 Å². The lowest BCUT2D eigenvalue weighted by Crippen LogP contribution is -2.43. The molecule has 2 fully saturated rings. The van der Waals surface area contributed by atoms with Crippen LogP contribution in [0.2, 0.25) is 0 Å². The summed E-state index contributed by atoms with van der Waals surface area (Å²) < 4.78 is 5.68. The van der Waals surface area contributed by atoms with Crippen molar-refractivity contribution < 1.29 is 19.4 Å². The fourth-order valence-corrected chi connectivity index (χ4v) is 4.53. The second-order valence-corrected chi connectivity index (χ2v) is 8.13. The Morgan fingerprint density at radius 2 is 1.96 bits per heavy atom. The van der Waals surface area contributed by atoms with Crippen LogP contribution in [0.3, 0.4) is 0 Å². The third kappa shape index (κ3) is 5.38. The summed E-state index contributed by atoms with van der Waals surface area (Å²) in [7, 11) is 0. The topological polar surface area (TPSA) is 66.8 Å². The standard InChI is InChI=1S/C17H29NO4S/c1-12(2)6-10-23-11-15(19)18-7-3-13(4-8-18)16-14(17(20)21)5-9-22-16/h12-14,16H,3-11H2,1-2H3,(H,20,21)/t14?,16-/m0/s1. The summed E-state index contributed by atoms with van der Waals surface area (Å²) in [5.74, 6) is 1.67. The summed E-state index contributed by atoms with van der Waals surface area (Å²) in [5, 5.41) is 9.27. The van der Waals surface area contributed by atoms with Crippen LogP contribution in [0.25, 0.3) is 0 Å². The second kappa shape index (κ2) is 8.92. The molecule has 2 rings (SSSR count). The van der Waals surface area contributed by atoms with E-state index in [1.54, 1.807) is 11.8 Å². The van der Waals surface area contributed by atoms with E-state index in [1.807, 2.05) is 4.90 Å². The Bertz CT molecular complexity index is 407. The average molecular weight is 343 g/mol. The highest BCUT2D eigenvalue weighted by Gasteiger charge is 2.40. The minimum Gasteiger partial charge on any atom is -0.481 e. The Balaban J connectivity index is 1.71. The first-order chi connectivity index (χ1) is 11.0. The summed E-state index contributed by atoms with van der Waals surface area (Å²) in [6, 6.07) is 0. The first-order valence-corrected chi connectivity index (χ1v) is 9.84. The summed E-state index contributed by atoms with van der Waals surface area (Å²) in [4.78, 5) is 25.4. The van der Waals surface area contributed by atoms with E-state index in [1.165, 1.54) is 0 Å². The van der Waals surface area contributed by atoms with E-state index < -0.39 is 5.97 Å². The number of amides is 1. The Morgan fingerprint density at radius 1 is 1.26 bits per heavy atom. The van der Waals surface area contributed by atoms with Crippen LogP contribution in [0.1, 0.15) is 39.5 Å². The normalized spacial score (nSPS) is 26.0. The number of carboxylic acid groups (broad SMARTS) is 1. The molecule has 0 aromatic carbocycles. The van der Waals surface area contributed by atoms with Crippen molar-refractivity contribution in [1.82, 2.24) is 4.90 Å². The molecule has 2 atom stereocenters. The van der Waals surface area contributed by atoms with E-state index >= 15 is 0 Å². The predicted octanol–water partition coefficient (Wildman–Crippen LogP) is 2.49. The maximum atomic E-state index is 12.2. The van der Waals surface area contributed by atoms with E-state index in [4.69, 9.17) is 4.74 Å². The van der Waals surface area contributed by atoms with Crippen molar-refractivity contribution in [3.8, 4) is 0 Å². The molecule has 132 valence electrons. The van der Waals surface area contributed by atoms with Gasteiger partial charge in [-0.05, 0) is 43.3 Å². The fourth-order valence-electron chi connectivity index (χ4n) is 3.39. The number of carbonyl (C=O) groups is 2. The Kier molecular flexibility index (Phi) is 7.21. The number of carbonyl (C=O) groups excluding carboxylic acids is 1. The maximum Gasteiger partial charge on any atom is 0.309 e. The van der Waals surface area contributed by atoms with E-state index in [0.29, 0.717) is 24.7 Å². The van der Waals surface area contributed by atoms with Gasteiger partial charge in [-0.3, -0.25) is 9.59 Å². The van der Waals surface area contributed by atoms with Crippen molar-refractivity contribution in [2.45, 2.75) is 45.6 Å². The fraction of sp³-hybridized carbons (Fsp3) is 0.882. The van der Waals surface area contributed by atoms with Gasteiger partial charge in [-0.1, -0.05) is 13.8 Å². The molecule has 23 heavy (non-hydrogen) atoms. The Morgan fingerprint density at radius 3 is 2.57 bits per heavy atom. The number of thioether (sulfide) groups is 1. The van der Waals surface area contributed by atoms with Crippen LogP contribution in [0.5, 0.6) is 0 Å². The number of hydrogen-bond donors (Lipinski definition) is 1. The van der Waals surface area contributed by atoms with Crippen LogP contribution in [0.15, 0.2) is 0 Å². The predicted molar refractivity (Wildman–Crippen MR) is 91.6 cm³/mol. The van der Waals surface area contributed by atoms with Crippen molar-refractivity contribution in [3.05, 3.63) is 0 Å². The van der Waals surface area contributed by atoms with Gasteiger partial charge in [-0.25, -0.2) is 0 Å². The summed E-state index contributed by atoms with van der Waals surface area (Å²) in [6.45, 7) is 6.42. The van der Waals surface area contributed by atoms with Gasteiger partial charge in [0.1, 0.15) is 0 Å². The van der Waals surface area contributed by atoms with Crippen LogP contribution < -0.4 is 0 Å². The molecule has 5 nitrogen and oxygen atoms in total. The molecule has 2 heterocycles. The number of likely N-dealkylation sites (tertiary alicyclic amines) is 1. The minimum absolute atomic E-state index is 0.162. The van der Waals surface area contributed by atoms with Crippen molar-refractivity contribution in [3.63, 3.8) is 0 Å². The molecule has 0 aliphatic carbocycles. The third-order valence-electron chi connectivity index (χ3n) is 4.87. The zero-order valence-corrected chi connectivity index (χ0v) is 15.0. The number of rotatable bonds is 7. The van der Waals surface area contributed by atoms with Gasteiger partial charge in [0.25, 0.3) is 0 Å². The molecular weight excluding hydrogens is 314 g/mol. The summed E-state index contributed by atoms with van der Waals surface area (Å²) in [6.07, 6.45) is 3.32. The summed E-state index contributed by atoms with van der Waals surface area (Å²) in [5.41, 5.74) is 0. The number of piperidine rings is 1. The largest absolute Gasteiger partial charge is 0.481 e. The number of nitrogens with zero attached hydrogens (tertiary/aromatic N) is 1. The Labute approximate surface area is 143 Å². The third-order valence-corrected chi connectivity index (χ3v) is 5.85. The molecular formula is C17H29NO4S. The van der Waals surface area contributed by atoms with Gasteiger partial charge in [0.15, 0.2) is 0 Å². The summed E-state index contributed by atoms with van der Waals surface area (Å²) >= 11 is 1.72. The minimum atomic E-state index is -0.743. The molecule has 0 spiro atoms. The molecule has 2 aliphatic rings. The van der Waals surface area contributed by atoms with Crippen molar-refractivity contribution in [1.29, 1.82) is 0 Å². The van der Waals surface area contributed by atoms with Crippen LogP contribution in [-0.2, 0) is 14.3 Å². The lowest BCUT2D eigenvalue weighted by Gasteiger charge is -2.35. The van der Waals surface area contributed by atoms with Crippen LogP contribution in [0.4, 0.5) is 0 Å². The Hall–Kier alpha value is -0.750. The second-order valence-electron chi connectivity index (χ2n) is 7.02. The number of carboxylic acids is 1. The van der Waals surface area contributed by atoms with Gasteiger partial charge in [-0.15, -0.1) is 0 Å². The number of hydrogen-bond acceptors (Lipinski definition) is 4. The average Bonchev–Trinajstić information content (AvgIpc) is 3.01. The first kappa shape index (κ1) is 18.6. The van der Waals surface area contributed by atoms with Gasteiger partial charge >= 0.3 is 5.97 Å². The zero-order chi connectivity index (χ0) is 16.8. The molecule has 2 aliphatic heterocycles. The molecule has 0 radical (unpaired) electrons. The molecule has 1 unspecified atom stereocenters. The molecule has 2 saturated heterocycles. The van der Waals surface area contributed by atoms with Gasteiger partial charge in [0.2, 0.25) is 5.91 Å². The van der Waals surface area contributed by atoms with Crippen LogP contribution >= 0.6 is 11.8 Å². The molecule has 0 bridgehead atoms. The molecule has 0 aromatic heterocycles.